The van der Waals surface area contributed by atoms with Crippen molar-refractivity contribution in [2.75, 3.05) is 5.32 Å². The zero-order valence-corrected chi connectivity index (χ0v) is 15.6. The lowest BCUT2D eigenvalue weighted by Gasteiger charge is -2.13. The van der Waals surface area contributed by atoms with Gasteiger partial charge in [0.1, 0.15) is 0 Å². The first-order valence-corrected chi connectivity index (χ1v) is 8.45. The third-order valence-electron chi connectivity index (χ3n) is 3.93. The maximum atomic E-state index is 12.6. The van der Waals surface area contributed by atoms with Crippen LogP contribution in [0, 0.1) is 13.8 Å². The molecular formula is C18H16F3N5O3. The Hall–Kier alpha value is -3.50. The molecule has 1 amide bonds. The van der Waals surface area contributed by atoms with Crippen molar-refractivity contribution in [3.8, 4) is 0 Å². The van der Waals surface area contributed by atoms with Crippen molar-refractivity contribution in [2.45, 2.75) is 33.1 Å². The van der Waals surface area contributed by atoms with Gasteiger partial charge in [0.15, 0.2) is 6.10 Å². The molecule has 0 fully saturated rings. The van der Waals surface area contributed by atoms with Crippen LogP contribution in [0.4, 0.5) is 18.9 Å². The van der Waals surface area contributed by atoms with Crippen molar-refractivity contribution in [2.24, 2.45) is 0 Å². The van der Waals surface area contributed by atoms with E-state index >= 15 is 0 Å². The molecule has 0 bridgehead atoms. The summed E-state index contributed by atoms with van der Waals surface area (Å²) in [5.41, 5.74) is 0.706. The molecule has 0 saturated carbocycles. The van der Waals surface area contributed by atoms with Gasteiger partial charge in [-0.15, -0.1) is 5.10 Å². The number of halogens is 3. The third-order valence-corrected chi connectivity index (χ3v) is 3.93. The lowest BCUT2D eigenvalue weighted by molar-refractivity contribution is -0.137. The number of fused-ring (bicyclic) bond motifs is 1. The lowest BCUT2D eigenvalue weighted by Crippen LogP contribution is -2.30. The number of alkyl halides is 3. The molecule has 3 rings (SSSR count). The number of amides is 1. The smallest absolute Gasteiger partial charge is 0.416 e. The number of anilines is 1. The SMILES string of the molecule is Cc1cc(C)n2nc(C(=O)O[C@@H](C)C(=O)Nc3ccc(C(F)(F)F)cc3)nc2n1. The Morgan fingerprint density at radius 1 is 1.14 bits per heavy atom. The summed E-state index contributed by atoms with van der Waals surface area (Å²) in [5.74, 6) is -1.69. The fraction of sp³-hybridized carbons (Fsp3) is 0.278. The predicted octanol–water partition coefficient (Wildman–Crippen LogP) is 2.94. The summed E-state index contributed by atoms with van der Waals surface area (Å²) < 4.78 is 44.2. The first-order valence-electron chi connectivity index (χ1n) is 8.45. The molecule has 2 aromatic heterocycles. The first kappa shape index (κ1) is 20.2. The number of nitrogens with one attached hydrogen (secondary N) is 1. The van der Waals surface area contributed by atoms with Gasteiger partial charge < -0.3 is 10.1 Å². The third kappa shape index (κ3) is 4.50. The Labute approximate surface area is 162 Å². The molecule has 11 heteroatoms. The van der Waals surface area contributed by atoms with E-state index in [4.69, 9.17) is 4.74 Å². The molecule has 2 heterocycles. The van der Waals surface area contributed by atoms with Gasteiger partial charge in [-0.3, -0.25) is 4.79 Å². The number of ether oxygens (including phenoxy) is 1. The van der Waals surface area contributed by atoms with Crippen LogP contribution in [-0.4, -0.2) is 37.6 Å². The molecule has 1 aromatic carbocycles. The van der Waals surface area contributed by atoms with Gasteiger partial charge in [0.25, 0.3) is 17.5 Å². The quantitative estimate of drug-likeness (QED) is 0.668. The predicted molar refractivity (Wildman–Crippen MR) is 95.2 cm³/mol. The summed E-state index contributed by atoms with van der Waals surface area (Å²) in [4.78, 5) is 32.6. The molecule has 3 aromatic rings. The number of carbonyl (C=O) groups is 2. The number of esters is 1. The minimum Gasteiger partial charge on any atom is -0.447 e. The molecule has 8 nitrogen and oxygen atoms in total. The van der Waals surface area contributed by atoms with Gasteiger partial charge in [-0.2, -0.15) is 18.2 Å². The molecule has 0 unspecified atom stereocenters. The second-order valence-corrected chi connectivity index (χ2v) is 6.30. The number of aryl methyl sites for hydroxylation is 2. The average molecular weight is 407 g/mol. The summed E-state index contributed by atoms with van der Waals surface area (Å²) in [6, 6.07) is 5.65. The molecule has 1 atom stereocenters. The Balaban J connectivity index is 1.66. The second-order valence-electron chi connectivity index (χ2n) is 6.30. The number of carbonyl (C=O) groups excluding carboxylic acids is 2. The van der Waals surface area contributed by atoms with E-state index in [0.717, 1.165) is 24.3 Å². The number of hydrogen-bond donors (Lipinski definition) is 1. The van der Waals surface area contributed by atoms with E-state index in [2.05, 4.69) is 20.4 Å². The van der Waals surface area contributed by atoms with Crippen molar-refractivity contribution in [3.05, 3.63) is 53.1 Å². The Morgan fingerprint density at radius 2 is 1.79 bits per heavy atom. The van der Waals surface area contributed by atoms with E-state index < -0.39 is 29.7 Å². The monoisotopic (exact) mass is 407 g/mol. The molecule has 1 N–H and O–H groups in total. The highest BCUT2D eigenvalue weighted by atomic mass is 19.4. The minimum absolute atomic E-state index is 0.132. The van der Waals surface area contributed by atoms with Gasteiger partial charge in [-0.1, -0.05) is 0 Å². The van der Waals surface area contributed by atoms with Crippen molar-refractivity contribution >= 4 is 23.3 Å². The molecule has 0 radical (unpaired) electrons. The van der Waals surface area contributed by atoms with E-state index in [0.29, 0.717) is 11.4 Å². The van der Waals surface area contributed by atoms with Crippen molar-refractivity contribution in [3.63, 3.8) is 0 Å². The standard InChI is InChI=1S/C18H16F3N5O3/c1-9-8-10(2)26-17(22-9)24-14(25-26)16(28)29-11(3)15(27)23-13-6-4-12(5-7-13)18(19,20)21/h4-8,11H,1-3H3,(H,23,27)/t11-/m0/s1. The summed E-state index contributed by atoms with van der Waals surface area (Å²) >= 11 is 0. The highest BCUT2D eigenvalue weighted by Gasteiger charge is 2.30. The van der Waals surface area contributed by atoms with Crippen LogP contribution in [0.3, 0.4) is 0 Å². The number of rotatable bonds is 4. The number of nitrogens with zero attached hydrogens (tertiary/aromatic N) is 4. The Kier molecular flexibility index (Phi) is 5.23. The van der Waals surface area contributed by atoms with Gasteiger partial charge in [-0.05, 0) is 51.1 Å². The molecule has 0 aliphatic heterocycles. The minimum atomic E-state index is -4.47. The fourth-order valence-corrected chi connectivity index (χ4v) is 2.51. The Bertz CT molecular complexity index is 1080. The average Bonchev–Trinajstić information content (AvgIpc) is 3.05. The summed E-state index contributed by atoms with van der Waals surface area (Å²) in [6.07, 6.45) is -5.70. The second kappa shape index (κ2) is 7.49. The normalized spacial score (nSPS) is 12.6. The van der Waals surface area contributed by atoms with E-state index in [-0.39, 0.29) is 17.3 Å². The van der Waals surface area contributed by atoms with Crippen LogP contribution in [-0.2, 0) is 15.7 Å². The molecule has 0 spiro atoms. The maximum absolute atomic E-state index is 12.6. The maximum Gasteiger partial charge on any atom is 0.416 e. The van der Waals surface area contributed by atoms with E-state index in [1.54, 1.807) is 19.9 Å². The number of hydrogen-bond acceptors (Lipinski definition) is 6. The van der Waals surface area contributed by atoms with Gasteiger partial charge in [0.2, 0.25) is 0 Å². The van der Waals surface area contributed by atoms with E-state index in [1.807, 2.05) is 0 Å². The highest BCUT2D eigenvalue weighted by molar-refractivity contribution is 5.96. The molecule has 0 saturated heterocycles. The van der Waals surface area contributed by atoms with E-state index in [1.165, 1.54) is 11.4 Å². The molecule has 152 valence electrons. The largest absolute Gasteiger partial charge is 0.447 e. The zero-order chi connectivity index (χ0) is 21.3. The summed E-state index contributed by atoms with van der Waals surface area (Å²) in [5, 5.41) is 6.39. The fourth-order valence-electron chi connectivity index (χ4n) is 2.51. The van der Waals surface area contributed by atoms with Crippen LogP contribution in [0.15, 0.2) is 30.3 Å². The van der Waals surface area contributed by atoms with Crippen molar-refractivity contribution in [1.82, 2.24) is 19.6 Å². The Morgan fingerprint density at radius 3 is 2.41 bits per heavy atom. The van der Waals surface area contributed by atoms with Crippen LogP contribution in [0.2, 0.25) is 0 Å². The van der Waals surface area contributed by atoms with Gasteiger partial charge in [0, 0.05) is 17.1 Å². The topological polar surface area (TPSA) is 98.5 Å². The lowest BCUT2D eigenvalue weighted by atomic mass is 10.2. The van der Waals surface area contributed by atoms with Gasteiger partial charge in [0.05, 0.1) is 5.56 Å². The van der Waals surface area contributed by atoms with Crippen molar-refractivity contribution < 1.29 is 27.5 Å². The van der Waals surface area contributed by atoms with Gasteiger partial charge >= 0.3 is 12.1 Å². The molecule has 0 aliphatic carbocycles. The van der Waals surface area contributed by atoms with Crippen LogP contribution >= 0.6 is 0 Å². The van der Waals surface area contributed by atoms with Crippen LogP contribution in [0.1, 0.15) is 34.5 Å². The van der Waals surface area contributed by atoms with E-state index in [9.17, 15) is 22.8 Å². The summed E-state index contributed by atoms with van der Waals surface area (Å²) in [6.45, 7) is 4.86. The number of benzene rings is 1. The first-order chi connectivity index (χ1) is 13.5. The van der Waals surface area contributed by atoms with Crippen LogP contribution < -0.4 is 5.32 Å². The van der Waals surface area contributed by atoms with Crippen molar-refractivity contribution in [1.29, 1.82) is 0 Å². The highest BCUT2D eigenvalue weighted by Crippen LogP contribution is 2.29. The summed E-state index contributed by atoms with van der Waals surface area (Å²) in [7, 11) is 0. The number of aromatic nitrogens is 4. The van der Waals surface area contributed by atoms with Crippen LogP contribution in [0.5, 0.6) is 0 Å². The molecule has 0 aliphatic rings. The van der Waals surface area contributed by atoms with Gasteiger partial charge in [-0.25, -0.2) is 14.3 Å². The molecule has 29 heavy (non-hydrogen) atoms. The van der Waals surface area contributed by atoms with Crippen LogP contribution in [0.25, 0.3) is 5.78 Å². The molecular weight excluding hydrogens is 391 g/mol. The zero-order valence-electron chi connectivity index (χ0n) is 15.6.